The molecule has 0 saturated carbocycles. The van der Waals surface area contributed by atoms with Crippen molar-refractivity contribution in [2.24, 2.45) is 7.05 Å². The van der Waals surface area contributed by atoms with Crippen LogP contribution < -0.4 is 0 Å². The van der Waals surface area contributed by atoms with Gasteiger partial charge in [-0.25, -0.2) is 0 Å². The van der Waals surface area contributed by atoms with Crippen LogP contribution in [0.4, 0.5) is 0 Å². The number of carbonyl (C=O) groups is 1. The molecule has 0 spiro atoms. The highest BCUT2D eigenvalue weighted by atomic mass is 32.2. The van der Waals surface area contributed by atoms with E-state index in [2.05, 4.69) is 10.2 Å². The molecule has 0 bridgehead atoms. The number of ether oxygens (including phenoxy) is 1. The maximum absolute atomic E-state index is 12.5. The Hall–Kier alpha value is -2.60. The summed E-state index contributed by atoms with van der Waals surface area (Å²) >= 11 is 1.35. The zero-order valence-corrected chi connectivity index (χ0v) is 15.9. The predicted octanol–water partition coefficient (Wildman–Crippen LogP) is 4.19. The molecule has 134 valence electrons. The van der Waals surface area contributed by atoms with Gasteiger partial charge in [0.1, 0.15) is 5.25 Å². The Labute approximate surface area is 157 Å². The van der Waals surface area contributed by atoms with Crippen LogP contribution in [-0.2, 0) is 16.6 Å². The fourth-order valence-corrected chi connectivity index (χ4v) is 3.68. The van der Waals surface area contributed by atoms with E-state index in [1.807, 2.05) is 80.1 Å². The zero-order chi connectivity index (χ0) is 18.5. The van der Waals surface area contributed by atoms with E-state index in [1.165, 1.54) is 11.8 Å². The molecule has 1 aromatic heterocycles. The van der Waals surface area contributed by atoms with E-state index >= 15 is 0 Å². The average molecular weight is 367 g/mol. The van der Waals surface area contributed by atoms with Crippen molar-refractivity contribution < 1.29 is 9.53 Å². The molecule has 6 heteroatoms. The summed E-state index contributed by atoms with van der Waals surface area (Å²) in [6.07, 6.45) is 0. The highest BCUT2D eigenvalue weighted by molar-refractivity contribution is 8.00. The van der Waals surface area contributed by atoms with Crippen molar-refractivity contribution in [3.8, 4) is 11.4 Å². The highest BCUT2D eigenvalue weighted by Crippen LogP contribution is 2.36. The average Bonchev–Trinajstić information content (AvgIpc) is 3.01. The van der Waals surface area contributed by atoms with Crippen LogP contribution in [0.1, 0.15) is 23.3 Å². The van der Waals surface area contributed by atoms with Gasteiger partial charge in [0.05, 0.1) is 6.61 Å². The Balaban J connectivity index is 1.93. The van der Waals surface area contributed by atoms with Crippen LogP contribution in [0.2, 0.25) is 0 Å². The summed E-state index contributed by atoms with van der Waals surface area (Å²) in [6.45, 7) is 4.20. The SMILES string of the molecule is CCOC(=O)[C@@H](Sc1nnc(-c2ccccc2C)n1C)c1ccccc1. The van der Waals surface area contributed by atoms with Crippen molar-refractivity contribution in [1.29, 1.82) is 0 Å². The third kappa shape index (κ3) is 3.80. The van der Waals surface area contributed by atoms with E-state index in [1.54, 1.807) is 0 Å². The first kappa shape index (κ1) is 18.2. The second-order valence-corrected chi connectivity index (χ2v) is 6.91. The van der Waals surface area contributed by atoms with Gasteiger partial charge in [0.15, 0.2) is 11.0 Å². The molecule has 0 aliphatic rings. The molecule has 0 radical (unpaired) electrons. The smallest absolute Gasteiger partial charge is 0.324 e. The molecule has 0 aliphatic carbocycles. The summed E-state index contributed by atoms with van der Waals surface area (Å²) in [5, 5.41) is 8.84. The van der Waals surface area contributed by atoms with Crippen molar-refractivity contribution >= 4 is 17.7 Å². The molecule has 2 aromatic carbocycles. The van der Waals surface area contributed by atoms with E-state index in [4.69, 9.17) is 4.74 Å². The van der Waals surface area contributed by atoms with Gasteiger partial charge >= 0.3 is 5.97 Å². The lowest BCUT2D eigenvalue weighted by Crippen LogP contribution is -2.14. The van der Waals surface area contributed by atoms with E-state index in [0.717, 1.165) is 22.5 Å². The summed E-state index contributed by atoms with van der Waals surface area (Å²) in [7, 11) is 1.91. The first-order chi connectivity index (χ1) is 12.6. The molecule has 0 fully saturated rings. The molecule has 1 heterocycles. The highest BCUT2D eigenvalue weighted by Gasteiger charge is 2.26. The number of esters is 1. The molecule has 0 saturated heterocycles. The number of hydrogen-bond acceptors (Lipinski definition) is 5. The second kappa shape index (κ2) is 8.19. The van der Waals surface area contributed by atoms with Crippen LogP contribution >= 0.6 is 11.8 Å². The molecule has 0 aliphatic heterocycles. The molecule has 3 rings (SSSR count). The van der Waals surface area contributed by atoms with Gasteiger partial charge in [-0.05, 0) is 25.0 Å². The maximum Gasteiger partial charge on any atom is 0.324 e. The largest absolute Gasteiger partial charge is 0.465 e. The van der Waals surface area contributed by atoms with Crippen molar-refractivity contribution in [3.63, 3.8) is 0 Å². The molecule has 0 unspecified atom stereocenters. The number of rotatable bonds is 6. The number of benzene rings is 2. The number of aryl methyl sites for hydroxylation is 1. The van der Waals surface area contributed by atoms with Crippen molar-refractivity contribution in [2.45, 2.75) is 24.3 Å². The Bertz CT molecular complexity index is 893. The van der Waals surface area contributed by atoms with Gasteiger partial charge in [0.2, 0.25) is 0 Å². The lowest BCUT2D eigenvalue weighted by atomic mass is 10.1. The molecule has 5 nitrogen and oxygen atoms in total. The van der Waals surface area contributed by atoms with Crippen molar-refractivity contribution in [2.75, 3.05) is 6.61 Å². The molecule has 0 amide bonds. The van der Waals surface area contributed by atoms with Crippen LogP contribution in [0.5, 0.6) is 0 Å². The number of carbonyl (C=O) groups excluding carboxylic acids is 1. The fourth-order valence-electron chi connectivity index (χ4n) is 2.68. The summed E-state index contributed by atoms with van der Waals surface area (Å²) in [6, 6.07) is 17.6. The third-order valence-electron chi connectivity index (χ3n) is 4.05. The number of hydrogen-bond donors (Lipinski definition) is 0. The molecule has 1 atom stereocenters. The molecule has 3 aromatic rings. The summed E-state index contributed by atoms with van der Waals surface area (Å²) in [4.78, 5) is 12.5. The van der Waals surface area contributed by atoms with E-state index in [9.17, 15) is 4.79 Å². The first-order valence-corrected chi connectivity index (χ1v) is 9.33. The van der Waals surface area contributed by atoms with Gasteiger partial charge in [-0.1, -0.05) is 66.4 Å². The topological polar surface area (TPSA) is 57.0 Å². The van der Waals surface area contributed by atoms with Crippen LogP contribution in [-0.4, -0.2) is 27.3 Å². The minimum Gasteiger partial charge on any atom is -0.465 e. The van der Waals surface area contributed by atoms with Gasteiger partial charge < -0.3 is 9.30 Å². The second-order valence-electron chi connectivity index (χ2n) is 5.84. The van der Waals surface area contributed by atoms with Crippen LogP contribution in [0, 0.1) is 6.92 Å². The zero-order valence-electron chi connectivity index (χ0n) is 15.0. The summed E-state index contributed by atoms with van der Waals surface area (Å²) < 4.78 is 7.18. The Kier molecular flexibility index (Phi) is 5.73. The lowest BCUT2D eigenvalue weighted by Gasteiger charge is -2.15. The number of aromatic nitrogens is 3. The van der Waals surface area contributed by atoms with Gasteiger partial charge in [-0.3, -0.25) is 4.79 Å². The van der Waals surface area contributed by atoms with Crippen molar-refractivity contribution in [3.05, 3.63) is 65.7 Å². The standard InChI is InChI=1S/C20H21N3O2S/c1-4-25-19(24)17(15-11-6-5-7-12-15)26-20-22-21-18(23(20)3)16-13-9-8-10-14(16)2/h5-13,17H,4H2,1-3H3/t17-/m0/s1. The van der Waals surface area contributed by atoms with E-state index in [0.29, 0.717) is 11.8 Å². The maximum atomic E-state index is 12.5. The number of thioether (sulfide) groups is 1. The van der Waals surface area contributed by atoms with Gasteiger partial charge in [0, 0.05) is 12.6 Å². The van der Waals surface area contributed by atoms with Gasteiger partial charge in [0.25, 0.3) is 0 Å². The first-order valence-electron chi connectivity index (χ1n) is 8.45. The fraction of sp³-hybridized carbons (Fsp3) is 0.250. The molecule has 0 N–H and O–H groups in total. The Morgan fingerprint density at radius 1 is 1.12 bits per heavy atom. The quantitative estimate of drug-likeness (QED) is 0.483. The Morgan fingerprint density at radius 2 is 1.81 bits per heavy atom. The lowest BCUT2D eigenvalue weighted by molar-refractivity contribution is -0.142. The van der Waals surface area contributed by atoms with Crippen LogP contribution in [0.15, 0.2) is 59.8 Å². The van der Waals surface area contributed by atoms with Gasteiger partial charge in [-0.15, -0.1) is 10.2 Å². The summed E-state index contributed by atoms with van der Waals surface area (Å²) in [5.74, 6) is 0.505. The molecule has 26 heavy (non-hydrogen) atoms. The van der Waals surface area contributed by atoms with Gasteiger partial charge in [-0.2, -0.15) is 0 Å². The monoisotopic (exact) mass is 367 g/mol. The summed E-state index contributed by atoms with van der Waals surface area (Å²) in [5.41, 5.74) is 3.04. The van der Waals surface area contributed by atoms with Crippen molar-refractivity contribution in [1.82, 2.24) is 14.8 Å². The van der Waals surface area contributed by atoms with Crippen LogP contribution in [0.25, 0.3) is 11.4 Å². The minimum atomic E-state index is -0.483. The number of nitrogens with zero attached hydrogens (tertiary/aromatic N) is 3. The predicted molar refractivity (Wildman–Crippen MR) is 103 cm³/mol. The molecular formula is C20H21N3O2S. The minimum absolute atomic E-state index is 0.274. The molecular weight excluding hydrogens is 346 g/mol. The third-order valence-corrected chi connectivity index (χ3v) is 5.31. The Morgan fingerprint density at radius 3 is 2.50 bits per heavy atom. The van der Waals surface area contributed by atoms with Crippen LogP contribution in [0.3, 0.4) is 0 Å². The normalized spacial score (nSPS) is 12.0. The van der Waals surface area contributed by atoms with E-state index in [-0.39, 0.29) is 5.97 Å². The van der Waals surface area contributed by atoms with E-state index < -0.39 is 5.25 Å².